The predicted octanol–water partition coefficient (Wildman–Crippen LogP) is 4.10. The molecule has 0 bridgehead atoms. The number of halogens is 2. The highest BCUT2D eigenvalue weighted by atomic mass is 35.5. The first kappa shape index (κ1) is 22.2. The largest absolute Gasteiger partial charge is 0.299 e. The first-order chi connectivity index (χ1) is 15.1. The summed E-state index contributed by atoms with van der Waals surface area (Å²) in [6.45, 7) is 0. The molecule has 0 aromatic heterocycles. The van der Waals surface area contributed by atoms with Crippen LogP contribution in [0, 0.1) is 10.1 Å². The Morgan fingerprint density at radius 3 is 2.25 bits per heavy atom. The lowest BCUT2D eigenvalue weighted by Gasteiger charge is -2.29. The number of hydrogen-bond donors (Lipinski definition) is 1. The van der Waals surface area contributed by atoms with E-state index in [9.17, 15) is 23.3 Å². The molecule has 1 N–H and O–H groups in total. The van der Waals surface area contributed by atoms with Crippen molar-refractivity contribution < 1.29 is 18.1 Å². The number of carbonyl (C=O) groups excluding carboxylic acids is 1. The molecule has 32 heavy (non-hydrogen) atoms. The number of nitro groups is 1. The molecule has 4 rings (SSSR count). The number of fused-ring (bicyclic) bond motifs is 1. The summed E-state index contributed by atoms with van der Waals surface area (Å²) < 4.78 is 27.8. The first-order valence-electron chi connectivity index (χ1n) is 9.22. The number of amides is 1. The highest BCUT2D eigenvalue weighted by Gasteiger charge is 2.56. The van der Waals surface area contributed by atoms with Crippen molar-refractivity contribution in [3.8, 4) is 0 Å². The minimum atomic E-state index is -4.42. The van der Waals surface area contributed by atoms with Gasteiger partial charge in [0.1, 0.15) is 0 Å². The van der Waals surface area contributed by atoms with Gasteiger partial charge in [-0.1, -0.05) is 41.4 Å². The van der Waals surface area contributed by atoms with Gasteiger partial charge in [-0.2, -0.15) is 0 Å². The molecule has 11 heteroatoms. The molecule has 164 valence electrons. The maximum absolute atomic E-state index is 13.8. The number of anilines is 1. The van der Waals surface area contributed by atoms with Crippen molar-refractivity contribution in [1.82, 2.24) is 5.32 Å². The number of likely N-dealkylation sites (N-methyl/N-ethyl adjacent to an activating group) is 1. The lowest BCUT2D eigenvalue weighted by Crippen LogP contribution is -2.51. The summed E-state index contributed by atoms with van der Waals surface area (Å²) >= 11 is 12.6. The first-order valence-corrected chi connectivity index (χ1v) is 11.4. The zero-order chi connectivity index (χ0) is 23.3. The van der Waals surface area contributed by atoms with Gasteiger partial charge in [-0.25, -0.2) is 12.7 Å². The van der Waals surface area contributed by atoms with Gasteiger partial charge in [-0.15, -0.1) is 0 Å². The van der Waals surface area contributed by atoms with Crippen LogP contribution in [0.5, 0.6) is 0 Å². The number of nitrogens with one attached hydrogen (secondary N) is 1. The number of non-ortho nitro benzene ring substituents is 1. The highest BCUT2D eigenvalue weighted by Crippen LogP contribution is 2.49. The molecule has 3 aromatic rings. The Kier molecular flexibility index (Phi) is 5.46. The molecule has 0 fully saturated rings. The average Bonchev–Trinajstić information content (AvgIpc) is 3.02. The van der Waals surface area contributed by atoms with E-state index in [0.717, 1.165) is 24.3 Å². The smallest absolute Gasteiger partial charge is 0.270 e. The molecule has 1 amide bonds. The van der Waals surface area contributed by atoms with Gasteiger partial charge < -0.3 is 0 Å². The van der Waals surface area contributed by atoms with Gasteiger partial charge >= 0.3 is 0 Å². The number of nitro benzene ring substituents is 1. The van der Waals surface area contributed by atoms with Crippen LogP contribution >= 0.6 is 23.2 Å². The fraction of sp³-hybridized carbons (Fsp3) is 0.0952. The van der Waals surface area contributed by atoms with Crippen LogP contribution in [-0.4, -0.2) is 26.3 Å². The second kappa shape index (κ2) is 7.86. The van der Waals surface area contributed by atoms with Gasteiger partial charge in [0.15, 0.2) is 5.54 Å². The Bertz CT molecular complexity index is 1360. The van der Waals surface area contributed by atoms with Crippen molar-refractivity contribution in [3.05, 3.63) is 98.0 Å². The predicted molar refractivity (Wildman–Crippen MR) is 121 cm³/mol. The van der Waals surface area contributed by atoms with Crippen molar-refractivity contribution in [2.45, 2.75) is 10.4 Å². The fourth-order valence-corrected chi connectivity index (χ4v) is 5.76. The molecule has 1 aliphatic heterocycles. The number of rotatable bonds is 5. The topological polar surface area (TPSA) is 110 Å². The minimum Gasteiger partial charge on any atom is -0.299 e. The van der Waals surface area contributed by atoms with Crippen LogP contribution in [0.4, 0.5) is 11.4 Å². The van der Waals surface area contributed by atoms with Crippen LogP contribution in [0.1, 0.15) is 11.1 Å². The molecule has 0 saturated carbocycles. The van der Waals surface area contributed by atoms with Crippen LogP contribution in [0.2, 0.25) is 10.0 Å². The van der Waals surface area contributed by atoms with E-state index < -0.39 is 26.4 Å². The number of benzene rings is 3. The summed E-state index contributed by atoms with van der Waals surface area (Å²) in [4.78, 5) is 23.9. The van der Waals surface area contributed by atoms with E-state index >= 15 is 0 Å². The molecule has 1 atom stereocenters. The van der Waals surface area contributed by atoms with Gasteiger partial charge in [0.2, 0.25) is 0 Å². The standard InChI is InChI=1S/C21H15Cl2N3O5S/c1-24-21(16-4-2-3-5-18(16)23)17-12-13(22)6-11-19(17)25(20(21)27)32(30,31)15-9-7-14(8-10-15)26(28)29/h2-12,24H,1H3. The van der Waals surface area contributed by atoms with Crippen LogP contribution in [-0.2, 0) is 20.4 Å². The van der Waals surface area contributed by atoms with Gasteiger partial charge in [-0.3, -0.25) is 20.2 Å². The van der Waals surface area contributed by atoms with E-state index in [2.05, 4.69) is 5.32 Å². The Hall–Kier alpha value is -2.98. The SMILES string of the molecule is CNC1(c2ccccc2Cl)C(=O)N(S(=O)(=O)c2ccc([N+](=O)[O-])cc2)c2ccc(Cl)cc21. The zero-order valence-electron chi connectivity index (χ0n) is 16.5. The lowest BCUT2D eigenvalue weighted by atomic mass is 9.84. The summed E-state index contributed by atoms with van der Waals surface area (Å²) in [5.41, 5.74) is -1.11. The Morgan fingerprint density at radius 2 is 1.66 bits per heavy atom. The summed E-state index contributed by atoms with van der Waals surface area (Å²) in [7, 11) is -2.90. The van der Waals surface area contributed by atoms with Crippen molar-refractivity contribution in [1.29, 1.82) is 0 Å². The third kappa shape index (κ3) is 3.17. The van der Waals surface area contributed by atoms with E-state index in [1.54, 1.807) is 24.3 Å². The normalized spacial score (nSPS) is 18.0. The Balaban J connectivity index is 1.97. The van der Waals surface area contributed by atoms with Crippen molar-refractivity contribution in [2.24, 2.45) is 0 Å². The van der Waals surface area contributed by atoms with E-state index in [1.807, 2.05) is 0 Å². The molecule has 8 nitrogen and oxygen atoms in total. The second-order valence-corrected chi connectivity index (χ2v) is 9.60. The molecule has 1 aliphatic rings. The number of hydrogen-bond acceptors (Lipinski definition) is 6. The number of sulfonamides is 1. The Labute approximate surface area is 193 Å². The molecule has 1 unspecified atom stereocenters. The van der Waals surface area contributed by atoms with E-state index in [0.29, 0.717) is 20.5 Å². The molecule has 0 saturated heterocycles. The minimum absolute atomic E-state index is 0.104. The van der Waals surface area contributed by atoms with E-state index in [4.69, 9.17) is 23.2 Å². The van der Waals surface area contributed by atoms with Crippen LogP contribution in [0.25, 0.3) is 0 Å². The van der Waals surface area contributed by atoms with Crippen molar-refractivity contribution in [3.63, 3.8) is 0 Å². The quantitative estimate of drug-likeness (QED) is 0.424. The number of nitrogens with zero attached hydrogens (tertiary/aromatic N) is 2. The zero-order valence-corrected chi connectivity index (χ0v) is 18.8. The molecule has 3 aromatic carbocycles. The molecule has 0 aliphatic carbocycles. The summed E-state index contributed by atoms with van der Waals surface area (Å²) in [6, 6.07) is 15.3. The molecule has 0 spiro atoms. The maximum Gasteiger partial charge on any atom is 0.270 e. The monoisotopic (exact) mass is 491 g/mol. The second-order valence-electron chi connectivity index (χ2n) is 6.97. The van der Waals surface area contributed by atoms with Gasteiger partial charge in [0, 0.05) is 33.3 Å². The summed E-state index contributed by atoms with van der Waals surface area (Å²) in [5.74, 6) is -0.802. The van der Waals surface area contributed by atoms with Crippen molar-refractivity contribution >= 4 is 50.5 Å². The molecule has 1 heterocycles. The summed E-state index contributed by atoms with van der Waals surface area (Å²) in [6.07, 6.45) is 0. The summed E-state index contributed by atoms with van der Waals surface area (Å²) in [5, 5.41) is 14.5. The van der Waals surface area contributed by atoms with Crippen LogP contribution in [0.3, 0.4) is 0 Å². The fourth-order valence-electron chi connectivity index (χ4n) is 3.85. The Morgan fingerprint density at radius 1 is 1.00 bits per heavy atom. The van der Waals surface area contributed by atoms with Crippen LogP contribution < -0.4 is 9.62 Å². The van der Waals surface area contributed by atoms with Crippen LogP contribution in [0.15, 0.2) is 71.6 Å². The van der Waals surface area contributed by atoms with E-state index in [-0.39, 0.29) is 21.3 Å². The van der Waals surface area contributed by atoms with Crippen molar-refractivity contribution in [2.75, 3.05) is 11.4 Å². The molecule has 0 radical (unpaired) electrons. The van der Waals surface area contributed by atoms with Gasteiger partial charge in [0.25, 0.3) is 21.6 Å². The third-order valence-corrected chi connectivity index (χ3v) is 7.60. The average molecular weight is 492 g/mol. The van der Waals surface area contributed by atoms with Gasteiger partial charge in [-0.05, 0) is 43.4 Å². The maximum atomic E-state index is 13.8. The van der Waals surface area contributed by atoms with E-state index in [1.165, 1.54) is 25.2 Å². The van der Waals surface area contributed by atoms with Gasteiger partial charge in [0.05, 0.1) is 15.5 Å². The molecular formula is C21H15Cl2N3O5S. The molecular weight excluding hydrogens is 477 g/mol. The number of carbonyl (C=O) groups is 1. The third-order valence-electron chi connectivity index (χ3n) is 5.33. The highest BCUT2D eigenvalue weighted by molar-refractivity contribution is 7.93. The lowest BCUT2D eigenvalue weighted by molar-refractivity contribution is -0.384.